The Balaban J connectivity index is 0.000000131. The van der Waals surface area contributed by atoms with Crippen LogP contribution in [0.15, 0.2) is 161 Å². The summed E-state index contributed by atoms with van der Waals surface area (Å²) in [5, 5.41) is 20.5. The van der Waals surface area contributed by atoms with Crippen molar-refractivity contribution < 1.29 is 0 Å². The van der Waals surface area contributed by atoms with Gasteiger partial charge in [0.15, 0.2) is 0 Å². The molecule has 0 aromatic heterocycles. The fraction of sp³-hybridized carbons (Fsp3) is 0.235. The Bertz CT molecular complexity index is 2050. The standard InChI is InChI=1S/3C17H18N2/c3*1-13-3-7-15(8-4-13)17-11-12-19(18-17)16-9-5-14(2)6-10-16/h3*3-10H,11-12H2,1-2H3. The Morgan fingerprint density at radius 1 is 0.281 bits per heavy atom. The maximum atomic E-state index is 4.74. The van der Waals surface area contributed by atoms with Crippen LogP contribution in [-0.4, -0.2) is 36.8 Å². The van der Waals surface area contributed by atoms with Gasteiger partial charge in [-0.1, -0.05) is 143 Å². The molecule has 57 heavy (non-hydrogen) atoms. The van der Waals surface area contributed by atoms with E-state index in [0.717, 1.165) is 38.9 Å². The van der Waals surface area contributed by atoms with Crippen LogP contribution in [0.4, 0.5) is 17.1 Å². The Kier molecular flexibility index (Phi) is 12.4. The molecule has 0 unspecified atom stereocenters. The van der Waals surface area contributed by atoms with Gasteiger partial charge < -0.3 is 0 Å². The lowest BCUT2D eigenvalue weighted by molar-refractivity contribution is 0.921. The van der Waals surface area contributed by atoms with E-state index in [9.17, 15) is 0 Å². The molecule has 3 heterocycles. The molecule has 0 fully saturated rings. The first-order chi connectivity index (χ1) is 27.7. The zero-order valence-corrected chi connectivity index (χ0v) is 34.3. The van der Waals surface area contributed by atoms with Crippen molar-refractivity contribution in [1.82, 2.24) is 0 Å². The summed E-state index contributed by atoms with van der Waals surface area (Å²) in [6, 6.07) is 51.4. The molecule has 3 aliphatic heterocycles. The van der Waals surface area contributed by atoms with Crippen LogP contribution in [-0.2, 0) is 0 Å². The van der Waals surface area contributed by atoms with E-state index in [1.165, 1.54) is 84.3 Å². The molecular formula is C51H54N6. The second kappa shape index (κ2) is 18.1. The summed E-state index contributed by atoms with van der Waals surface area (Å²) < 4.78 is 0. The molecule has 288 valence electrons. The van der Waals surface area contributed by atoms with Crippen LogP contribution < -0.4 is 15.0 Å². The maximum Gasteiger partial charge on any atom is 0.0700 e. The van der Waals surface area contributed by atoms with Crippen molar-refractivity contribution >= 4 is 34.2 Å². The molecule has 6 aromatic carbocycles. The van der Waals surface area contributed by atoms with Gasteiger partial charge in [-0.25, -0.2) is 0 Å². The van der Waals surface area contributed by atoms with Crippen molar-refractivity contribution in [1.29, 1.82) is 0 Å². The SMILES string of the molecule is Cc1ccc(C2=NN(c3ccc(C)cc3)CC2)cc1.Cc1ccc(C2=NN(c3ccc(C)cc3)CC2)cc1.Cc1ccc(C2=NN(c3ccc(C)cc3)CC2)cc1. The van der Waals surface area contributed by atoms with E-state index in [-0.39, 0.29) is 0 Å². The molecule has 6 aromatic rings. The van der Waals surface area contributed by atoms with Gasteiger partial charge in [-0.05, 0) is 94.6 Å². The van der Waals surface area contributed by atoms with Crippen LogP contribution in [0.2, 0.25) is 0 Å². The van der Waals surface area contributed by atoms with Gasteiger partial charge in [0.05, 0.1) is 34.2 Å². The zero-order chi connectivity index (χ0) is 39.7. The van der Waals surface area contributed by atoms with Crippen LogP contribution >= 0.6 is 0 Å². The molecule has 6 heteroatoms. The molecule has 0 bridgehead atoms. The molecule has 0 atom stereocenters. The summed E-state index contributed by atoms with van der Waals surface area (Å²) in [6.07, 6.45) is 3.03. The summed E-state index contributed by atoms with van der Waals surface area (Å²) in [7, 11) is 0. The van der Waals surface area contributed by atoms with Crippen LogP contribution in [0.5, 0.6) is 0 Å². The van der Waals surface area contributed by atoms with Gasteiger partial charge in [-0.3, -0.25) is 15.0 Å². The normalized spacial score (nSPS) is 14.6. The zero-order valence-electron chi connectivity index (χ0n) is 34.3. The summed E-state index contributed by atoms with van der Waals surface area (Å²) in [4.78, 5) is 0. The number of rotatable bonds is 6. The molecule has 0 amide bonds. The minimum Gasteiger partial charge on any atom is -0.265 e. The average molecular weight is 751 g/mol. The molecule has 0 aliphatic carbocycles. The van der Waals surface area contributed by atoms with Crippen molar-refractivity contribution in [3.63, 3.8) is 0 Å². The molecule has 0 radical (unpaired) electrons. The quantitative estimate of drug-likeness (QED) is 0.170. The Morgan fingerprint density at radius 2 is 0.474 bits per heavy atom. The molecule has 9 rings (SSSR count). The Morgan fingerprint density at radius 3 is 0.684 bits per heavy atom. The van der Waals surface area contributed by atoms with Crippen LogP contribution in [0.3, 0.4) is 0 Å². The molecule has 0 saturated carbocycles. The van der Waals surface area contributed by atoms with Gasteiger partial charge in [-0.15, -0.1) is 0 Å². The third-order valence-corrected chi connectivity index (χ3v) is 10.6. The number of anilines is 3. The Hall–Kier alpha value is -6.27. The van der Waals surface area contributed by atoms with Crippen LogP contribution in [0, 0.1) is 41.5 Å². The van der Waals surface area contributed by atoms with Crippen molar-refractivity contribution in [2.75, 3.05) is 34.7 Å². The van der Waals surface area contributed by atoms with Crippen molar-refractivity contribution in [2.45, 2.75) is 60.8 Å². The summed E-state index contributed by atoms with van der Waals surface area (Å²) in [5.41, 5.74) is 18.5. The van der Waals surface area contributed by atoms with Gasteiger partial charge in [0, 0.05) is 38.9 Å². The lowest BCUT2D eigenvalue weighted by atomic mass is 10.1. The fourth-order valence-corrected chi connectivity index (χ4v) is 6.93. The van der Waals surface area contributed by atoms with E-state index < -0.39 is 0 Å². The minimum atomic E-state index is 0.965. The van der Waals surface area contributed by atoms with Gasteiger partial charge in [-0.2, -0.15) is 15.3 Å². The van der Waals surface area contributed by atoms with Crippen LogP contribution in [0.25, 0.3) is 0 Å². The number of aryl methyl sites for hydroxylation is 6. The molecule has 6 nitrogen and oxygen atoms in total. The Labute approximate surface area is 339 Å². The highest BCUT2D eigenvalue weighted by molar-refractivity contribution is 6.04. The number of hydrogen-bond acceptors (Lipinski definition) is 6. The highest BCUT2D eigenvalue weighted by atomic mass is 15.5. The molecule has 0 N–H and O–H groups in total. The van der Waals surface area contributed by atoms with Crippen molar-refractivity contribution in [3.8, 4) is 0 Å². The average Bonchev–Trinajstić information content (AvgIpc) is 4.03. The summed E-state index contributed by atoms with van der Waals surface area (Å²) in [6.45, 7) is 15.5. The predicted molar refractivity (Wildman–Crippen MR) is 243 cm³/mol. The minimum absolute atomic E-state index is 0.965. The third kappa shape index (κ3) is 10.3. The van der Waals surface area contributed by atoms with Gasteiger partial charge in [0.25, 0.3) is 0 Å². The van der Waals surface area contributed by atoms with Crippen LogP contribution in [0.1, 0.15) is 69.3 Å². The second-order valence-corrected chi connectivity index (χ2v) is 15.4. The van der Waals surface area contributed by atoms with Gasteiger partial charge >= 0.3 is 0 Å². The van der Waals surface area contributed by atoms with Gasteiger partial charge in [0.2, 0.25) is 0 Å². The monoisotopic (exact) mass is 750 g/mol. The van der Waals surface area contributed by atoms with E-state index in [4.69, 9.17) is 15.3 Å². The number of benzene rings is 6. The first-order valence-electron chi connectivity index (χ1n) is 20.1. The number of hydrazone groups is 3. The largest absolute Gasteiger partial charge is 0.265 e. The van der Waals surface area contributed by atoms with E-state index >= 15 is 0 Å². The molecule has 0 spiro atoms. The summed E-state index contributed by atoms with van der Waals surface area (Å²) in [5.74, 6) is 0. The first kappa shape index (κ1) is 39.0. The number of hydrogen-bond donors (Lipinski definition) is 0. The lowest BCUT2D eigenvalue weighted by Gasteiger charge is -2.13. The van der Waals surface area contributed by atoms with E-state index in [1.807, 2.05) is 0 Å². The molecule has 0 saturated heterocycles. The van der Waals surface area contributed by atoms with E-state index in [1.54, 1.807) is 0 Å². The van der Waals surface area contributed by atoms with Crippen molar-refractivity contribution in [3.05, 3.63) is 196 Å². The van der Waals surface area contributed by atoms with E-state index in [0.29, 0.717) is 0 Å². The van der Waals surface area contributed by atoms with Gasteiger partial charge in [0.1, 0.15) is 0 Å². The maximum absolute atomic E-state index is 4.74. The molecule has 3 aliphatic rings. The highest BCUT2D eigenvalue weighted by Crippen LogP contribution is 2.25. The van der Waals surface area contributed by atoms with E-state index in [2.05, 4.69) is 202 Å². The number of nitrogens with zero attached hydrogens (tertiary/aromatic N) is 6. The second-order valence-electron chi connectivity index (χ2n) is 15.4. The lowest BCUT2D eigenvalue weighted by Crippen LogP contribution is -2.11. The third-order valence-electron chi connectivity index (χ3n) is 10.6. The summed E-state index contributed by atoms with van der Waals surface area (Å²) >= 11 is 0. The van der Waals surface area contributed by atoms with Crippen molar-refractivity contribution in [2.24, 2.45) is 15.3 Å². The smallest absolute Gasteiger partial charge is 0.0700 e. The predicted octanol–water partition coefficient (Wildman–Crippen LogP) is 11.8. The topological polar surface area (TPSA) is 46.8 Å². The highest BCUT2D eigenvalue weighted by Gasteiger charge is 2.19. The molecular weight excluding hydrogens is 697 g/mol. The fourth-order valence-electron chi connectivity index (χ4n) is 6.93. The first-order valence-corrected chi connectivity index (χ1v) is 20.1.